The van der Waals surface area contributed by atoms with E-state index in [0.29, 0.717) is 6.42 Å². The van der Waals surface area contributed by atoms with E-state index in [1.165, 1.54) is 21.1 Å². The number of amides is 1. The molecule has 1 fully saturated rings. The van der Waals surface area contributed by atoms with Crippen LogP contribution < -0.4 is 0 Å². The maximum absolute atomic E-state index is 12.8. The van der Waals surface area contributed by atoms with Gasteiger partial charge in [-0.1, -0.05) is 26.2 Å². The normalized spacial score (nSPS) is 34.5. The largest absolute Gasteiger partial charge is 0.495 e. The number of nitrogens with zero attached hydrogens (tertiary/aromatic N) is 1. The molecular weight excluding hydrogens is 354 g/mol. The van der Waals surface area contributed by atoms with E-state index in [9.17, 15) is 15.0 Å². The van der Waals surface area contributed by atoms with Gasteiger partial charge in [-0.05, 0) is 34.1 Å². The lowest BCUT2D eigenvalue weighted by Gasteiger charge is -2.34. The number of carbonyl (C=O) groups excluding carboxylic acids is 1. The van der Waals surface area contributed by atoms with Gasteiger partial charge < -0.3 is 24.4 Å². The van der Waals surface area contributed by atoms with Crippen LogP contribution in [0.25, 0.3) is 0 Å². The van der Waals surface area contributed by atoms with Gasteiger partial charge in [0.15, 0.2) is 11.5 Å². The van der Waals surface area contributed by atoms with Crippen molar-refractivity contribution in [2.75, 3.05) is 14.2 Å². The number of hydrogen-bond acceptors (Lipinski definition) is 7. The van der Waals surface area contributed by atoms with Gasteiger partial charge in [0, 0.05) is 0 Å². The average molecular weight is 387 g/mol. The van der Waals surface area contributed by atoms with Crippen LogP contribution in [0, 0.1) is 0 Å². The first-order chi connectivity index (χ1) is 12.5. The van der Waals surface area contributed by atoms with Crippen LogP contribution in [0.1, 0.15) is 60.3 Å². The van der Waals surface area contributed by atoms with Gasteiger partial charge in [-0.25, -0.2) is 0 Å². The summed E-state index contributed by atoms with van der Waals surface area (Å²) in [6, 6.07) is 0. The molecule has 0 aromatic rings. The van der Waals surface area contributed by atoms with Gasteiger partial charge >= 0.3 is 0 Å². The summed E-state index contributed by atoms with van der Waals surface area (Å²) in [5.41, 5.74) is -3.11. The smallest absolute Gasteiger partial charge is 0.282 e. The van der Waals surface area contributed by atoms with Crippen LogP contribution in [0.3, 0.4) is 0 Å². The number of methoxy groups -OCH3 is 1. The molecule has 8 heteroatoms. The fourth-order valence-corrected chi connectivity index (χ4v) is 4.08. The van der Waals surface area contributed by atoms with E-state index < -0.39 is 35.2 Å². The summed E-state index contributed by atoms with van der Waals surface area (Å²) in [6.07, 6.45) is 1.88. The summed E-state index contributed by atoms with van der Waals surface area (Å²) in [5.74, 6) is -1.65. The molecule has 1 unspecified atom stereocenters. The van der Waals surface area contributed by atoms with Crippen molar-refractivity contribution in [1.29, 1.82) is 0 Å². The van der Waals surface area contributed by atoms with Crippen LogP contribution >= 0.6 is 0 Å². The fraction of sp³-hybridized carbons (Fsp3) is 0.842. The Kier molecular flexibility index (Phi) is 6.28. The van der Waals surface area contributed by atoms with Crippen LogP contribution in [0.15, 0.2) is 11.3 Å². The molecule has 0 aliphatic carbocycles. The minimum atomic E-state index is -1.83. The van der Waals surface area contributed by atoms with Crippen molar-refractivity contribution in [3.63, 3.8) is 0 Å². The van der Waals surface area contributed by atoms with E-state index >= 15 is 0 Å². The van der Waals surface area contributed by atoms with Crippen molar-refractivity contribution in [2.45, 2.75) is 89.6 Å². The fourth-order valence-electron chi connectivity index (χ4n) is 4.08. The third-order valence-electron chi connectivity index (χ3n) is 5.29. The minimum absolute atomic E-state index is 0.0660. The molecule has 1 amide bonds. The molecule has 27 heavy (non-hydrogen) atoms. The molecule has 0 aromatic heterocycles. The molecule has 2 N–H and O–H groups in total. The first kappa shape index (κ1) is 22.1. The van der Waals surface area contributed by atoms with E-state index in [4.69, 9.17) is 19.0 Å². The third-order valence-corrected chi connectivity index (χ3v) is 5.29. The molecule has 0 bridgehead atoms. The molecule has 1 saturated heterocycles. The van der Waals surface area contributed by atoms with E-state index in [1.54, 1.807) is 20.8 Å². The van der Waals surface area contributed by atoms with Crippen molar-refractivity contribution >= 4 is 5.91 Å². The van der Waals surface area contributed by atoms with Gasteiger partial charge in [-0.15, -0.1) is 0 Å². The Morgan fingerprint density at radius 3 is 2.37 bits per heavy atom. The Balaban J connectivity index is 2.42. The lowest BCUT2D eigenvalue weighted by atomic mass is 9.84. The van der Waals surface area contributed by atoms with Gasteiger partial charge in [-0.2, -0.15) is 5.06 Å². The molecule has 2 aliphatic heterocycles. The van der Waals surface area contributed by atoms with Crippen molar-refractivity contribution in [3.05, 3.63) is 11.3 Å². The molecule has 0 aromatic carbocycles. The zero-order chi connectivity index (χ0) is 20.6. The van der Waals surface area contributed by atoms with Gasteiger partial charge in [0.1, 0.15) is 11.7 Å². The molecule has 2 rings (SSSR count). The van der Waals surface area contributed by atoms with Crippen molar-refractivity contribution in [1.82, 2.24) is 5.06 Å². The molecule has 2 heterocycles. The summed E-state index contributed by atoms with van der Waals surface area (Å²) in [5, 5.41) is 22.7. The predicted molar refractivity (Wildman–Crippen MR) is 97.1 cm³/mol. The zero-order valence-electron chi connectivity index (χ0n) is 17.4. The highest BCUT2D eigenvalue weighted by Gasteiger charge is 2.60. The quantitative estimate of drug-likeness (QED) is 0.613. The van der Waals surface area contributed by atoms with Gasteiger partial charge in [0.05, 0.1) is 25.9 Å². The molecular formula is C19H33NO7. The molecule has 4 atom stereocenters. The second-order valence-corrected chi connectivity index (χ2v) is 7.94. The van der Waals surface area contributed by atoms with E-state index in [-0.39, 0.29) is 11.3 Å². The number of hydrogen-bond donors (Lipinski definition) is 2. The summed E-state index contributed by atoms with van der Waals surface area (Å²) in [7, 11) is 2.60. The molecule has 0 spiro atoms. The molecule has 8 nitrogen and oxygen atoms in total. The Labute approximate surface area is 161 Å². The predicted octanol–water partition coefficient (Wildman–Crippen LogP) is 1.85. The van der Waals surface area contributed by atoms with Gasteiger partial charge in [0.25, 0.3) is 5.91 Å². The Morgan fingerprint density at radius 2 is 1.85 bits per heavy atom. The summed E-state index contributed by atoms with van der Waals surface area (Å²) in [6.45, 7) is 8.75. The highest BCUT2D eigenvalue weighted by Crippen LogP contribution is 2.46. The van der Waals surface area contributed by atoms with Gasteiger partial charge in [0.2, 0.25) is 5.72 Å². The summed E-state index contributed by atoms with van der Waals surface area (Å²) >= 11 is 0. The summed E-state index contributed by atoms with van der Waals surface area (Å²) in [4.78, 5) is 17.9. The number of hydroxylamine groups is 2. The van der Waals surface area contributed by atoms with Crippen LogP contribution in [-0.2, 0) is 23.8 Å². The second-order valence-electron chi connectivity index (χ2n) is 7.94. The molecule has 0 radical (unpaired) electrons. The van der Waals surface area contributed by atoms with E-state index in [0.717, 1.165) is 24.3 Å². The van der Waals surface area contributed by atoms with Crippen LogP contribution in [-0.4, -0.2) is 64.7 Å². The lowest BCUT2D eigenvalue weighted by Crippen LogP contribution is -2.51. The number of rotatable bonds is 8. The third kappa shape index (κ3) is 3.73. The molecule has 0 saturated carbocycles. The molecule has 156 valence electrons. The first-order valence-electron chi connectivity index (χ1n) is 9.42. The number of aliphatic hydroxyl groups excluding tert-OH is 1. The summed E-state index contributed by atoms with van der Waals surface area (Å²) < 4.78 is 17.4. The lowest BCUT2D eigenvalue weighted by molar-refractivity contribution is -0.244. The number of ether oxygens (including phenoxy) is 3. The van der Waals surface area contributed by atoms with Crippen molar-refractivity contribution in [2.24, 2.45) is 0 Å². The van der Waals surface area contributed by atoms with Crippen LogP contribution in [0.5, 0.6) is 0 Å². The SMILES string of the molecule is CCCCC[C@@H]1OC(C)(C)O[C@@]1(C)[C@@H](O)C1=C(OC)C(C)(O)N(OC)C1=O. The average Bonchev–Trinajstić information content (AvgIpc) is 2.92. The maximum Gasteiger partial charge on any atom is 0.282 e. The van der Waals surface area contributed by atoms with Gasteiger partial charge in [-0.3, -0.25) is 9.63 Å². The van der Waals surface area contributed by atoms with Crippen molar-refractivity contribution in [3.8, 4) is 0 Å². The number of unbranched alkanes of at least 4 members (excludes halogenated alkanes) is 2. The standard InChI is InChI=1S/C19H33NO7/c1-8-9-10-11-12-18(4,27-17(2,3)26-12)14(21)13-15(24-6)19(5,23)20(25-7)16(13)22/h12,14,21,23H,8-11H2,1-7H3/t12-,14-,18+,19?/m0/s1. The Bertz CT molecular complexity index is 601. The molecule has 2 aliphatic rings. The number of carbonyl (C=O) groups is 1. The van der Waals surface area contributed by atoms with E-state index in [2.05, 4.69) is 6.92 Å². The maximum atomic E-state index is 12.8. The van der Waals surface area contributed by atoms with Crippen LogP contribution in [0.2, 0.25) is 0 Å². The Hall–Kier alpha value is -1.19. The topological polar surface area (TPSA) is 97.7 Å². The zero-order valence-corrected chi connectivity index (χ0v) is 17.4. The minimum Gasteiger partial charge on any atom is -0.495 e. The highest BCUT2D eigenvalue weighted by molar-refractivity contribution is 5.98. The second kappa shape index (κ2) is 7.67. The van der Waals surface area contributed by atoms with Crippen molar-refractivity contribution < 1.29 is 34.1 Å². The highest BCUT2D eigenvalue weighted by atomic mass is 16.8. The monoisotopic (exact) mass is 387 g/mol. The van der Waals surface area contributed by atoms with Crippen LogP contribution in [0.4, 0.5) is 0 Å². The number of aliphatic hydroxyl groups is 2. The first-order valence-corrected chi connectivity index (χ1v) is 9.42. The van der Waals surface area contributed by atoms with E-state index in [1.807, 2.05) is 0 Å². The Morgan fingerprint density at radius 1 is 1.22 bits per heavy atom.